The lowest BCUT2D eigenvalue weighted by atomic mass is 10.1. The summed E-state index contributed by atoms with van der Waals surface area (Å²) in [5.41, 5.74) is -0.222. The SMILES string of the molecule is CCN(CC1CCCO1)C(=O)c1cccc(F)c1F. The van der Waals surface area contributed by atoms with Crippen molar-refractivity contribution < 1.29 is 18.3 Å². The maximum atomic E-state index is 13.6. The maximum Gasteiger partial charge on any atom is 0.257 e. The van der Waals surface area contributed by atoms with Gasteiger partial charge in [-0.1, -0.05) is 6.07 Å². The van der Waals surface area contributed by atoms with Gasteiger partial charge in [0, 0.05) is 19.7 Å². The summed E-state index contributed by atoms with van der Waals surface area (Å²) in [6, 6.07) is 3.65. The van der Waals surface area contributed by atoms with Crippen LogP contribution < -0.4 is 0 Å². The summed E-state index contributed by atoms with van der Waals surface area (Å²) in [7, 11) is 0. The largest absolute Gasteiger partial charge is 0.376 e. The first kappa shape index (κ1) is 13.9. The molecule has 0 aliphatic carbocycles. The Morgan fingerprint density at radius 1 is 1.47 bits per heavy atom. The van der Waals surface area contributed by atoms with E-state index in [1.165, 1.54) is 17.0 Å². The molecule has 1 aliphatic rings. The molecule has 1 saturated heterocycles. The number of hydrogen-bond donors (Lipinski definition) is 0. The van der Waals surface area contributed by atoms with E-state index < -0.39 is 17.5 Å². The van der Waals surface area contributed by atoms with Crippen LogP contribution in [0.1, 0.15) is 30.1 Å². The van der Waals surface area contributed by atoms with E-state index in [1.807, 2.05) is 6.92 Å². The third kappa shape index (κ3) is 3.10. The van der Waals surface area contributed by atoms with E-state index >= 15 is 0 Å². The number of carbonyl (C=O) groups excluding carboxylic acids is 1. The topological polar surface area (TPSA) is 29.5 Å². The van der Waals surface area contributed by atoms with Crippen LogP contribution in [0.3, 0.4) is 0 Å². The molecular formula is C14H17F2NO2. The van der Waals surface area contributed by atoms with Crippen LogP contribution in [0, 0.1) is 11.6 Å². The maximum absolute atomic E-state index is 13.6. The average molecular weight is 269 g/mol. The zero-order chi connectivity index (χ0) is 13.8. The number of rotatable bonds is 4. The highest BCUT2D eigenvalue weighted by Crippen LogP contribution is 2.17. The van der Waals surface area contributed by atoms with Gasteiger partial charge in [-0.15, -0.1) is 0 Å². The quantitative estimate of drug-likeness (QED) is 0.841. The van der Waals surface area contributed by atoms with Crippen LogP contribution in [0.2, 0.25) is 0 Å². The standard InChI is InChI=1S/C14H17F2NO2/c1-2-17(9-10-5-4-8-19-10)14(18)11-6-3-7-12(15)13(11)16/h3,6-7,10H,2,4-5,8-9H2,1H3. The van der Waals surface area contributed by atoms with Crippen molar-refractivity contribution in [3.8, 4) is 0 Å². The molecule has 0 spiro atoms. The molecule has 0 bridgehead atoms. The first-order valence-corrected chi connectivity index (χ1v) is 6.48. The van der Waals surface area contributed by atoms with Crippen LogP contribution in [0.25, 0.3) is 0 Å². The summed E-state index contributed by atoms with van der Waals surface area (Å²) >= 11 is 0. The van der Waals surface area contributed by atoms with Gasteiger partial charge in [0.1, 0.15) is 0 Å². The van der Waals surface area contributed by atoms with Gasteiger partial charge in [-0.05, 0) is 31.9 Å². The predicted octanol–water partition coefficient (Wildman–Crippen LogP) is 2.61. The second kappa shape index (κ2) is 6.10. The van der Waals surface area contributed by atoms with E-state index in [9.17, 15) is 13.6 Å². The summed E-state index contributed by atoms with van der Waals surface area (Å²) in [5.74, 6) is -2.58. The number of likely N-dealkylation sites (N-methyl/N-ethyl adjacent to an activating group) is 1. The second-order valence-corrected chi connectivity index (χ2v) is 4.58. The predicted molar refractivity (Wildman–Crippen MR) is 66.9 cm³/mol. The van der Waals surface area contributed by atoms with Crippen molar-refractivity contribution in [1.82, 2.24) is 4.90 Å². The molecule has 104 valence electrons. The van der Waals surface area contributed by atoms with Crippen LogP contribution in [0.4, 0.5) is 8.78 Å². The minimum Gasteiger partial charge on any atom is -0.376 e. The van der Waals surface area contributed by atoms with Crippen LogP contribution in [0.15, 0.2) is 18.2 Å². The van der Waals surface area contributed by atoms with Gasteiger partial charge in [-0.2, -0.15) is 0 Å². The molecule has 1 atom stereocenters. The highest BCUT2D eigenvalue weighted by Gasteiger charge is 2.24. The highest BCUT2D eigenvalue weighted by atomic mass is 19.2. The molecule has 5 heteroatoms. The third-order valence-electron chi connectivity index (χ3n) is 3.30. The highest BCUT2D eigenvalue weighted by molar-refractivity contribution is 5.94. The van der Waals surface area contributed by atoms with E-state index in [1.54, 1.807) is 0 Å². The van der Waals surface area contributed by atoms with Crippen LogP contribution in [-0.2, 0) is 4.74 Å². The van der Waals surface area contributed by atoms with E-state index in [0.717, 1.165) is 18.9 Å². The molecule has 0 saturated carbocycles. The lowest BCUT2D eigenvalue weighted by molar-refractivity contribution is 0.0535. The number of nitrogens with zero attached hydrogens (tertiary/aromatic N) is 1. The fraction of sp³-hybridized carbons (Fsp3) is 0.500. The zero-order valence-electron chi connectivity index (χ0n) is 10.9. The van der Waals surface area contributed by atoms with E-state index in [2.05, 4.69) is 0 Å². The smallest absolute Gasteiger partial charge is 0.257 e. The Morgan fingerprint density at radius 2 is 2.26 bits per heavy atom. The minimum absolute atomic E-state index is 0.000482. The van der Waals surface area contributed by atoms with E-state index in [-0.39, 0.29) is 11.7 Å². The number of halogens is 2. The summed E-state index contributed by atoms with van der Waals surface area (Å²) in [6.45, 7) is 3.37. The normalized spacial score (nSPS) is 18.6. The molecule has 0 N–H and O–H groups in total. The molecule has 1 heterocycles. The van der Waals surface area contributed by atoms with Gasteiger partial charge in [0.05, 0.1) is 11.7 Å². The number of carbonyl (C=O) groups is 1. The van der Waals surface area contributed by atoms with Crippen LogP contribution in [0.5, 0.6) is 0 Å². The molecule has 0 aromatic heterocycles. The van der Waals surface area contributed by atoms with E-state index in [4.69, 9.17) is 4.74 Å². The van der Waals surface area contributed by atoms with Crippen LogP contribution in [-0.4, -0.2) is 36.6 Å². The van der Waals surface area contributed by atoms with Gasteiger partial charge in [0.15, 0.2) is 11.6 Å². The molecule has 1 amide bonds. The molecule has 1 aromatic carbocycles. The molecule has 1 unspecified atom stereocenters. The fourth-order valence-corrected chi connectivity index (χ4v) is 2.23. The Bertz CT molecular complexity index is 459. The first-order chi connectivity index (χ1) is 9.13. The number of ether oxygens (including phenoxy) is 1. The molecule has 19 heavy (non-hydrogen) atoms. The number of amides is 1. The van der Waals surface area contributed by atoms with Crippen molar-refractivity contribution in [1.29, 1.82) is 0 Å². The third-order valence-corrected chi connectivity index (χ3v) is 3.30. The Morgan fingerprint density at radius 3 is 2.89 bits per heavy atom. The Labute approximate surface area is 111 Å². The second-order valence-electron chi connectivity index (χ2n) is 4.58. The minimum atomic E-state index is -1.08. The van der Waals surface area contributed by atoms with Gasteiger partial charge >= 0.3 is 0 Å². The van der Waals surface area contributed by atoms with Gasteiger partial charge in [-0.3, -0.25) is 4.79 Å². The summed E-state index contributed by atoms with van der Waals surface area (Å²) < 4.78 is 32.2. The zero-order valence-corrected chi connectivity index (χ0v) is 10.9. The number of benzene rings is 1. The monoisotopic (exact) mass is 269 g/mol. The molecule has 0 radical (unpaired) electrons. The van der Waals surface area contributed by atoms with Gasteiger partial charge in [0.2, 0.25) is 0 Å². The van der Waals surface area contributed by atoms with E-state index in [0.29, 0.717) is 19.7 Å². The Balaban J connectivity index is 2.13. The lowest BCUT2D eigenvalue weighted by Crippen LogP contribution is -2.37. The average Bonchev–Trinajstić information content (AvgIpc) is 2.91. The van der Waals surface area contributed by atoms with Crippen molar-refractivity contribution in [3.05, 3.63) is 35.4 Å². The van der Waals surface area contributed by atoms with Gasteiger partial charge in [-0.25, -0.2) is 8.78 Å². The van der Waals surface area contributed by atoms with Crippen molar-refractivity contribution in [3.63, 3.8) is 0 Å². The fourth-order valence-electron chi connectivity index (χ4n) is 2.23. The van der Waals surface area contributed by atoms with Gasteiger partial charge < -0.3 is 9.64 Å². The Hall–Kier alpha value is -1.49. The van der Waals surface area contributed by atoms with Crippen LogP contribution >= 0.6 is 0 Å². The molecular weight excluding hydrogens is 252 g/mol. The summed E-state index contributed by atoms with van der Waals surface area (Å²) in [5, 5.41) is 0. The van der Waals surface area contributed by atoms with Crippen molar-refractivity contribution in [2.45, 2.75) is 25.9 Å². The summed E-state index contributed by atoms with van der Waals surface area (Å²) in [4.78, 5) is 13.7. The van der Waals surface area contributed by atoms with Gasteiger partial charge in [0.25, 0.3) is 5.91 Å². The Kier molecular flexibility index (Phi) is 4.47. The molecule has 3 nitrogen and oxygen atoms in total. The number of hydrogen-bond acceptors (Lipinski definition) is 2. The van der Waals surface area contributed by atoms with Crippen molar-refractivity contribution in [2.75, 3.05) is 19.7 Å². The molecule has 1 aliphatic heterocycles. The van der Waals surface area contributed by atoms with Crippen molar-refractivity contribution >= 4 is 5.91 Å². The summed E-state index contributed by atoms with van der Waals surface area (Å²) in [6.07, 6.45) is 1.88. The lowest BCUT2D eigenvalue weighted by Gasteiger charge is -2.24. The molecule has 1 aromatic rings. The first-order valence-electron chi connectivity index (χ1n) is 6.48. The molecule has 2 rings (SSSR count). The van der Waals surface area contributed by atoms with Crippen molar-refractivity contribution in [2.24, 2.45) is 0 Å². The molecule has 1 fully saturated rings.